The lowest BCUT2D eigenvalue weighted by molar-refractivity contribution is -0.147. The molecule has 1 heterocycles. The second-order valence-corrected chi connectivity index (χ2v) is 7.99. The molecule has 0 unspecified atom stereocenters. The molecular weight excluding hydrogens is 264 g/mol. The second-order valence-electron chi connectivity index (χ2n) is 5.21. The summed E-state index contributed by atoms with van der Waals surface area (Å²) in [5.41, 5.74) is -0.269. The Morgan fingerprint density at radius 1 is 1.24 bits per heavy atom. The van der Waals surface area contributed by atoms with Crippen LogP contribution in [0, 0.1) is 5.41 Å². The Balaban J connectivity index is 1.95. The fraction of sp³-hybridized carbons (Fsp3) is 1.00. The lowest BCUT2D eigenvalue weighted by atomic mass is 9.76. The van der Waals surface area contributed by atoms with Crippen LogP contribution in [0.5, 0.6) is 0 Å². The van der Waals surface area contributed by atoms with E-state index in [1.54, 1.807) is 0 Å². The van der Waals surface area contributed by atoms with Crippen molar-refractivity contribution in [1.82, 2.24) is 0 Å². The quantitative estimate of drug-likeness (QED) is 0.723. The molecule has 0 bridgehead atoms. The zero-order valence-electron chi connectivity index (χ0n) is 9.86. The van der Waals surface area contributed by atoms with Gasteiger partial charge in [0.25, 0.3) is 0 Å². The number of halogens is 1. The van der Waals surface area contributed by atoms with Crippen molar-refractivity contribution < 1.29 is 17.9 Å². The topological polar surface area (TPSA) is 52.6 Å². The molecule has 2 aliphatic rings. The van der Waals surface area contributed by atoms with Crippen LogP contribution in [-0.4, -0.2) is 40.1 Å². The normalized spacial score (nSPS) is 25.5. The Labute approximate surface area is 107 Å². The van der Waals surface area contributed by atoms with E-state index < -0.39 is 9.05 Å². The van der Waals surface area contributed by atoms with Gasteiger partial charge in [-0.1, -0.05) is 19.3 Å². The molecule has 0 atom stereocenters. The third-order valence-corrected chi connectivity index (χ3v) is 4.91. The predicted molar refractivity (Wildman–Crippen MR) is 65.7 cm³/mol. The van der Waals surface area contributed by atoms with Crippen molar-refractivity contribution in [3.63, 3.8) is 0 Å². The van der Waals surface area contributed by atoms with Gasteiger partial charge in [-0.15, -0.1) is 0 Å². The molecule has 100 valence electrons. The minimum Gasteiger partial charge on any atom is -0.376 e. The summed E-state index contributed by atoms with van der Waals surface area (Å²) in [5, 5.41) is 0. The Kier molecular flexibility index (Phi) is 4.34. The van der Waals surface area contributed by atoms with Crippen LogP contribution in [0.25, 0.3) is 0 Å². The third kappa shape index (κ3) is 4.09. The zero-order chi connectivity index (χ0) is 12.4. The lowest BCUT2D eigenvalue weighted by Crippen LogP contribution is -2.42. The van der Waals surface area contributed by atoms with Crippen LogP contribution in [0.3, 0.4) is 0 Å². The van der Waals surface area contributed by atoms with Crippen molar-refractivity contribution in [3.05, 3.63) is 0 Å². The lowest BCUT2D eigenvalue weighted by Gasteiger charge is -2.38. The average molecular weight is 283 g/mol. The smallest absolute Gasteiger partial charge is 0.233 e. The molecule has 6 heteroatoms. The van der Waals surface area contributed by atoms with Crippen molar-refractivity contribution in [2.45, 2.75) is 38.2 Å². The van der Waals surface area contributed by atoms with Crippen molar-refractivity contribution >= 4 is 19.7 Å². The molecule has 0 radical (unpaired) electrons. The van der Waals surface area contributed by atoms with Crippen molar-refractivity contribution in [2.75, 3.05) is 25.6 Å². The molecule has 0 aromatic heterocycles. The highest BCUT2D eigenvalue weighted by molar-refractivity contribution is 8.13. The van der Waals surface area contributed by atoms with Gasteiger partial charge in [-0.2, -0.15) is 0 Å². The molecule has 1 aliphatic carbocycles. The highest BCUT2D eigenvalue weighted by Crippen LogP contribution is 2.39. The molecule has 1 saturated heterocycles. The van der Waals surface area contributed by atoms with Crippen molar-refractivity contribution in [3.8, 4) is 0 Å². The molecule has 0 N–H and O–H groups in total. The first kappa shape index (κ1) is 13.6. The molecule has 2 rings (SSSR count). The maximum absolute atomic E-state index is 11.3. The van der Waals surface area contributed by atoms with Crippen LogP contribution in [0.15, 0.2) is 0 Å². The molecule has 1 aliphatic heterocycles. The van der Waals surface area contributed by atoms with Gasteiger partial charge in [0.1, 0.15) is 6.10 Å². The highest BCUT2D eigenvalue weighted by atomic mass is 35.7. The number of hydrogen-bond acceptors (Lipinski definition) is 4. The summed E-state index contributed by atoms with van der Waals surface area (Å²) in [5.74, 6) is 0.0368. The molecular formula is C11H19ClO4S. The van der Waals surface area contributed by atoms with E-state index in [-0.39, 0.29) is 17.3 Å². The van der Waals surface area contributed by atoms with Crippen molar-refractivity contribution in [2.24, 2.45) is 5.41 Å². The molecule has 17 heavy (non-hydrogen) atoms. The maximum atomic E-state index is 11.3. The van der Waals surface area contributed by atoms with Crippen LogP contribution in [-0.2, 0) is 18.5 Å². The molecule has 1 saturated carbocycles. The number of rotatable bonds is 5. The zero-order valence-corrected chi connectivity index (χ0v) is 11.4. The molecule has 0 aromatic carbocycles. The molecule has 4 nitrogen and oxygen atoms in total. The van der Waals surface area contributed by atoms with Gasteiger partial charge in [0.15, 0.2) is 0 Å². The first-order valence-electron chi connectivity index (χ1n) is 6.11. The van der Waals surface area contributed by atoms with Gasteiger partial charge in [0, 0.05) is 16.1 Å². The first-order valence-corrected chi connectivity index (χ1v) is 8.59. The third-order valence-electron chi connectivity index (χ3n) is 3.63. The summed E-state index contributed by atoms with van der Waals surface area (Å²) >= 11 is 0. The predicted octanol–water partition coefficient (Wildman–Crippen LogP) is 1.92. The first-order chi connectivity index (χ1) is 7.99. The summed E-state index contributed by atoms with van der Waals surface area (Å²) in [6.45, 7) is 1.75. The van der Waals surface area contributed by atoms with E-state index in [1.165, 1.54) is 6.42 Å². The van der Waals surface area contributed by atoms with E-state index in [0.29, 0.717) is 19.8 Å². The Morgan fingerprint density at radius 2 is 1.88 bits per heavy atom. The van der Waals surface area contributed by atoms with Crippen molar-refractivity contribution in [1.29, 1.82) is 0 Å². The van der Waals surface area contributed by atoms with Crippen LogP contribution < -0.4 is 0 Å². The van der Waals surface area contributed by atoms with Gasteiger partial charge in [0.05, 0.1) is 25.6 Å². The summed E-state index contributed by atoms with van der Waals surface area (Å²) in [4.78, 5) is 0. The van der Waals surface area contributed by atoms with Gasteiger partial charge >= 0.3 is 0 Å². The molecule has 0 aromatic rings. The maximum Gasteiger partial charge on any atom is 0.233 e. The van der Waals surface area contributed by atoms with Gasteiger partial charge < -0.3 is 9.47 Å². The fourth-order valence-corrected chi connectivity index (χ4v) is 4.40. The van der Waals surface area contributed by atoms with E-state index in [9.17, 15) is 8.42 Å². The number of hydrogen-bond donors (Lipinski definition) is 0. The fourth-order valence-electron chi connectivity index (χ4n) is 2.60. The standard InChI is InChI=1S/C11H19ClO4S/c12-17(13,14)9-11(4-2-1-3-5-11)8-16-10-6-15-7-10/h10H,1-9H2. The van der Waals surface area contributed by atoms with E-state index in [4.69, 9.17) is 20.2 Å². The molecule has 0 amide bonds. The summed E-state index contributed by atoms with van der Waals surface area (Å²) in [7, 11) is 1.95. The van der Waals surface area contributed by atoms with E-state index in [0.717, 1.165) is 25.7 Å². The monoisotopic (exact) mass is 282 g/mol. The molecule has 2 fully saturated rings. The van der Waals surface area contributed by atoms with E-state index >= 15 is 0 Å². The van der Waals surface area contributed by atoms with Gasteiger partial charge in [0.2, 0.25) is 9.05 Å². The van der Waals surface area contributed by atoms with Gasteiger partial charge in [-0.3, -0.25) is 0 Å². The number of ether oxygens (including phenoxy) is 2. The Hall–Kier alpha value is 0.160. The van der Waals surface area contributed by atoms with Crippen LogP contribution in [0.1, 0.15) is 32.1 Å². The van der Waals surface area contributed by atoms with E-state index in [2.05, 4.69) is 0 Å². The summed E-state index contributed by atoms with van der Waals surface area (Å²) in [6, 6.07) is 0. The van der Waals surface area contributed by atoms with Gasteiger partial charge in [-0.25, -0.2) is 8.42 Å². The van der Waals surface area contributed by atoms with Gasteiger partial charge in [-0.05, 0) is 12.8 Å². The Bertz CT molecular complexity index is 344. The van der Waals surface area contributed by atoms with Crippen LogP contribution in [0.4, 0.5) is 0 Å². The minimum atomic E-state index is -3.46. The minimum absolute atomic E-state index is 0.0368. The SMILES string of the molecule is O=S(=O)(Cl)CC1(COC2COC2)CCCCC1. The highest BCUT2D eigenvalue weighted by Gasteiger charge is 2.37. The van der Waals surface area contributed by atoms with Crippen LogP contribution in [0.2, 0.25) is 0 Å². The largest absolute Gasteiger partial charge is 0.376 e. The summed E-state index contributed by atoms with van der Waals surface area (Å²) in [6.07, 6.45) is 5.25. The molecule has 0 spiro atoms. The van der Waals surface area contributed by atoms with Crippen LogP contribution >= 0.6 is 10.7 Å². The summed E-state index contributed by atoms with van der Waals surface area (Å²) < 4.78 is 33.4. The second kappa shape index (κ2) is 5.43. The Morgan fingerprint density at radius 3 is 2.35 bits per heavy atom. The average Bonchev–Trinajstić information content (AvgIpc) is 2.13. The van der Waals surface area contributed by atoms with E-state index in [1.807, 2.05) is 0 Å².